The molecule has 40 heavy (non-hydrogen) atoms. The fourth-order valence-corrected chi connectivity index (χ4v) is 3.18. The quantitative estimate of drug-likeness (QED) is 0.108. The maximum Gasteiger partial charge on any atom is 0.268 e. The average Bonchev–Trinajstić information content (AvgIpc) is 2.94. The number of hydrogen-bond acceptors (Lipinski definition) is 5. The van der Waals surface area contributed by atoms with Crippen LogP contribution in [0, 0.1) is 34.9 Å². The summed E-state index contributed by atoms with van der Waals surface area (Å²) in [6, 6.07) is 18.1. The molecule has 4 rings (SSSR count). The van der Waals surface area contributed by atoms with Crippen LogP contribution in [0.15, 0.2) is 84.9 Å². The Morgan fingerprint density at radius 3 is 1.60 bits per heavy atom. The van der Waals surface area contributed by atoms with Crippen molar-refractivity contribution in [2.24, 2.45) is 0 Å². The Balaban J connectivity index is 0.000000281. The predicted molar refractivity (Wildman–Crippen MR) is 147 cm³/mol. The lowest BCUT2D eigenvalue weighted by molar-refractivity contribution is -0.384. The first-order chi connectivity index (χ1) is 19.1. The van der Waals surface area contributed by atoms with E-state index in [1.165, 1.54) is 60.7 Å². The second-order valence-electron chi connectivity index (χ2n) is 7.88. The number of nitro benzene ring substituents is 1. The lowest BCUT2D eigenvalue weighted by Gasteiger charge is -2.08. The van der Waals surface area contributed by atoms with Crippen molar-refractivity contribution >= 4 is 45.9 Å². The van der Waals surface area contributed by atoms with Gasteiger partial charge in [0.2, 0.25) is 11.4 Å². The van der Waals surface area contributed by atoms with E-state index in [1.54, 1.807) is 6.07 Å². The molecule has 12 heteroatoms. The molecule has 2 amide bonds. The van der Waals surface area contributed by atoms with Crippen molar-refractivity contribution in [1.82, 2.24) is 0 Å². The number of hydrogen-bond donors (Lipinski definition) is 3. The molecule has 0 unspecified atom stereocenters. The molecule has 0 aliphatic carbocycles. The van der Waals surface area contributed by atoms with E-state index in [1.807, 2.05) is 0 Å². The van der Waals surface area contributed by atoms with Crippen molar-refractivity contribution in [3.63, 3.8) is 0 Å². The molecule has 10 nitrogen and oxygen atoms in total. The molecule has 0 fully saturated rings. The summed E-state index contributed by atoms with van der Waals surface area (Å²) in [5.41, 5.74) is 7.05. The third-order valence-electron chi connectivity index (χ3n) is 5.16. The lowest BCUT2D eigenvalue weighted by atomic mass is 10.2. The minimum atomic E-state index is -0.624. The maximum absolute atomic E-state index is 12.8. The Morgan fingerprint density at radius 2 is 1.18 bits per heavy atom. The number of nitrogens with zero attached hydrogens (tertiary/aromatic N) is 3. The smallest absolute Gasteiger partial charge is 0.268 e. The van der Waals surface area contributed by atoms with Crippen LogP contribution in [0.2, 0.25) is 0 Å². The summed E-state index contributed by atoms with van der Waals surface area (Å²) in [5.74, 6) is -1.90. The van der Waals surface area contributed by atoms with Gasteiger partial charge in [-0.25, -0.2) is 18.5 Å². The van der Waals surface area contributed by atoms with Gasteiger partial charge in [-0.05, 0) is 66.7 Å². The van der Waals surface area contributed by atoms with Gasteiger partial charge in [0.1, 0.15) is 11.6 Å². The number of nitrogens with two attached hydrogens (primary N) is 1. The molecule has 0 saturated heterocycles. The molecule has 0 heterocycles. The van der Waals surface area contributed by atoms with Crippen molar-refractivity contribution in [3.8, 4) is 0 Å². The normalized spacial score (nSPS) is 9.70. The fourth-order valence-electron chi connectivity index (χ4n) is 3.18. The first-order valence-electron chi connectivity index (χ1n) is 11.2. The summed E-state index contributed by atoms with van der Waals surface area (Å²) in [5, 5.41) is 15.7. The monoisotopic (exact) mass is 542 g/mol. The largest absolute Gasteiger partial charge is 0.399 e. The van der Waals surface area contributed by atoms with Gasteiger partial charge in [-0.1, -0.05) is 6.07 Å². The van der Waals surface area contributed by atoms with E-state index in [0.717, 1.165) is 18.2 Å². The molecule has 0 spiro atoms. The van der Waals surface area contributed by atoms with Crippen LogP contribution in [0.5, 0.6) is 0 Å². The average molecular weight is 543 g/mol. The van der Waals surface area contributed by atoms with Crippen molar-refractivity contribution in [3.05, 3.63) is 141 Å². The standard InChI is InChI=1S/C14H8FN3O3.C14H10FN3O.H2/c1-16-12-7-6-11(18(20)21)8-13(12)17-14(19)9-2-4-10(15)5-3-9;1-17-12-7-6-11(16)8-13(12)18-14(19)9-2-4-10(15)5-3-9;/h2-8H,(H,17,19);2-8H,16H2,(H,18,19);1H. The summed E-state index contributed by atoms with van der Waals surface area (Å²) < 4.78 is 25.6. The number of amides is 2. The number of halogens is 2. The highest BCUT2D eigenvalue weighted by atomic mass is 19.1. The first-order valence-corrected chi connectivity index (χ1v) is 11.2. The van der Waals surface area contributed by atoms with Gasteiger partial charge in [-0.3, -0.25) is 19.7 Å². The number of nitrogens with one attached hydrogen (secondary N) is 2. The predicted octanol–water partition coefficient (Wildman–Crippen LogP) is 6.99. The molecule has 0 aliphatic heterocycles. The van der Waals surface area contributed by atoms with Gasteiger partial charge in [0, 0.05) is 36.1 Å². The molecule has 4 aromatic rings. The zero-order valence-electron chi connectivity index (χ0n) is 20.4. The van der Waals surface area contributed by atoms with Crippen LogP contribution in [0.25, 0.3) is 9.69 Å². The number of benzene rings is 4. The van der Waals surface area contributed by atoms with Crippen LogP contribution in [0.1, 0.15) is 22.1 Å². The number of carbonyl (C=O) groups is 2. The summed E-state index contributed by atoms with van der Waals surface area (Å²) >= 11 is 0. The number of rotatable bonds is 5. The van der Waals surface area contributed by atoms with E-state index in [9.17, 15) is 28.5 Å². The second kappa shape index (κ2) is 12.9. The number of nitro groups is 1. The van der Waals surface area contributed by atoms with Gasteiger partial charge in [0.15, 0.2) is 0 Å². The molecule has 0 aromatic heterocycles. The third-order valence-corrected chi connectivity index (χ3v) is 5.16. The molecule has 0 saturated carbocycles. The minimum absolute atomic E-state index is 0. The van der Waals surface area contributed by atoms with Crippen molar-refractivity contribution < 1.29 is 24.7 Å². The highest BCUT2D eigenvalue weighted by molar-refractivity contribution is 6.07. The van der Waals surface area contributed by atoms with E-state index in [0.29, 0.717) is 22.6 Å². The van der Waals surface area contributed by atoms with Crippen LogP contribution >= 0.6 is 0 Å². The fraction of sp³-hybridized carbons (Fsp3) is 0. The van der Waals surface area contributed by atoms with Crippen LogP contribution < -0.4 is 16.4 Å². The Bertz CT molecular complexity index is 1670. The van der Waals surface area contributed by atoms with Crippen LogP contribution in [0.4, 0.5) is 42.9 Å². The Morgan fingerprint density at radius 1 is 0.750 bits per heavy atom. The van der Waals surface area contributed by atoms with Gasteiger partial charge >= 0.3 is 0 Å². The van der Waals surface area contributed by atoms with E-state index in [4.69, 9.17) is 18.9 Å². The number of non-ortho nitro benzene ring substituents is 1. The highest BCUT2D eigenvalue weighted by Gasteiger charge is 2.14. The SMILES string of the molecule is [C-]#[N+]c1ccc(N)cc1NC(=O)c1ccc(F)cc1.[C-]#[N+]c1ccc([N+](=O)[O-])cc1NC(=O)c1ccc(F)cc1.[HH]. The molecule has 0 bridgehead atoms. The van der Waals surface area contributed by atoms with E-state index >= 15 is 0 Å². The summed E-state index contributed by atoms with van der Waals surface area (Å²) in [4.78, 5) is 40.5. The topological polar surface area (TPSA) is 136 Å². The molecular weight excluding hydrogens is 522 g/mol. The van der Waals surface area contributed by atoms with Crippen LogP contribution in [-0.4, -0.2) is 16.7 Å². The molecule has 200 valence electrons. The van der Waals surface area contributed by atoms with Gasteiger partial charge < -0.3 is 16.4 Å². The van der Waals surface area contributed by atoms with Gasteiger partial charge in [0.25, 0.3) is 17.5 Å². The van der Waals surface area contributed by atoms with Crippen molar-refractivity contribution in [2.45, 2.75) is 0 Å². The maximum atomic E-state index is 12.8. The summed E-state index contributed by atoms with van der Waals surface area (Å²) in [7, 11) is 0. The van der Waals surface area contributed by atoms with Crippen LogP contribution in [-0.2, 0) is 0 Å². The van der Waals surface area contributed by atoms with Gasteiger partial charge in [-0.2, -0.15) is 0 Å². The Labute approximate surface area is 228 Å². The zero-order valence-corrected chi connectivity index (χ0v) is 20.4. The molecule has 0 atom stereocenters. The summed E-state index contributed by atoms with van der Waals surface area (Å²) in [6.45, 7) is 14.0. The van der Waals surface area contributed by atoms with E-state index in [-0.39, 0.29) is 24.1 Å². The molecule has 0 aliphatic rings. The molecule has 4 aromatic carbocycles. The lowest BCUT2D eigenvalue weighted by Crippen LogP contribution is -2.12. The van der Waals surface area contributed by atoms with Crippen LogP contribution in [0.3, 0.4) is 0 Å². The number of anilines is 3. The molecular formula is C28H20F2N6O4. The Hall–Kier alpha value is -6.14. The van der Waals surface area contributed by atoms with Crippen molar-refractivity contribution in [2.75, 3.05) is 16.4 Å². The number of carbonyl (C=O) groups excluding carboxylic acids is 2. The molecule has 0 radical (unpaired) electrons. The highest BCUT2D eigenvalue weighted by Crippen LogP contribution is 2.30. The molecule has 4 N–H and O–H groups in total. The van der Waals surface area contributed by atoms with Crippen molar-refractivity contribution in [1.29, 1.82) is 0 Å². The number of nitrogen functional groups attached to an aromatic ring is 1. The third kappa shape index (κ3) is 7.44. The van der Waals surface area contributed by atoms with E-state index in [2.05, 4.69) is 20.3 Å². The van der Waals surface area contributed by atoms with Gasteiger partial charge in [0.05, 0.1) is 23.8 Å². The summed E-state index contributed by atoms with van der Waals surface area (Å²) in [6.07, 6.45) is 0. The zero-order chi connectivity index (χ0) is 29.2. The first kappa shape index (κ1) is 28.4. The second-order valence-corrected chi connectivity index (χ2v) is 7.88. The Kier molecular flexibility index (Phi) is 9.17. The van der Waals surface area contributed by atoms with Gasteiger partial charge in [-0.15, -0.1) is 0 Å². The van der Waals surface area contributed by atoms with E-state index < -0.39 is 28.4 Å². The minimum Gasteiger partial charge on any atom is -0.399 e.